The molecular weight excluding hydrogens is 599 g/mol. The standard InChI is InChI=1S/C32H27ClFN8O3/c1-45-31(43)37-22-10-7-20(8-11-22)25-16-35-30(38-25)32(15-23(32)19-5-3-2-4-6-19)27-14-9-21(17-42(27)44)28-26(41-18-36-39-40-41)13-12-24(33)29(28)34/h2-14,16-18,23,27,39-40H,15H2,1H3,(H,35,38)(H,37,43)/q-1/t23-,27?,32-/m0/s1. The van der Waals surface area contributed by atoms with Crippen molar-refractivity contribution >= 4 is 41.0 Å². The Kier molecular flexibility index (Phi) is 7.24. The molecule has 0 radical (unpaired) electrons. The third-order valence-corrected chi connectivity index (χ3v) is 8.70. The van der Waals surface area contributed by atoms with Crippen LogP contribution in [0.5, 0.6) is 0 Å². The molecule has 1 amide bonds. The van der Waals surface area contributed by atoms with Crippen molar-refractivity contribution in [3.05, 3.63) is 124 Å². The number of rotatable bonds is 7. The molecular formula is C32H27ClFN8O3-. The van der Waals surface area contributed by atoms with Crippen LogP contribution in [-0.4, -0.2) is 40.6 Å². The highest BCUT2D eigenvalue weighted by Gasteiger charge is 2.62. The van der Waals surface area contributed by atoms with Gasteiger partial charge in [-0.05, 0) is 53.9 Å². The van der Waals surface area contributed by atoms with Gasteiger partial charge in [0.1, 0.15) is 12.2 Å². The number of anilines is 2. The Morgan fingerprint density at radius 1 is 1.16 bits per heavy atom. The van der Waals surface area contributed by atoms with Crippen molar-refractivity contribution in [2.45, 2.75) is 23.8 Å². The van der Waals surface area contributed by atoms with E-state index >= 15 is 4.39 Å². The fourth-order valence-corrected chi connectivity index (χ4v) is 6.30. The van der Waals surface area contributed by atoms with Crippen LogP contribution in [-0.2, 0) is 10.2 Å². The van der Waals surface area contributed by atoms with Crippen molar-refractivity contribution in [3.8, 4) is 11.3 Å². The molecule has 1 saturated carbocycles. The average Bonchev–Trinajstić information content (AvgIpc) is 3.37. The Labute approximate surface area is 262 Å². The number of amides is 1. The monoisotopic (exact) mass is 625 g/mol. The van der Waals surface area contributed by atoms with Crippen molar-refractivity contribution in [1.82, 2.24) is 26.1 Å². The quantitative estimate of drug-likeness (QED) is 0.196. The van der Waals surface area contributed by atoms with Gasteiger partial charge >= 0.3 is 6.09 Å². The number of ether oxygens (including phenoxy) is 1. The number of benzene rings is 3. The summed E-state index contributed by atoms with van der Waals surface area (Å²) in [5.74, 6) is 0.0411. The maximum absolute atomic E-state index is 15.5. The van der Waals surface area contributed by atoms with Crippen molar-refractivity contribution < 1.29 is 13.9 Å². The van der Waals surface area contributed by atoms with E-state index in [1.807, 2.05) is 36.4 Å². The summed E-state index contributed by atoms with van der Waals surface area (Å²) in [6.07, 6.45) is 8.31. The predicted octanol–water partition coefficient (Wildman–Crippen LogP) is 6.02. The van der Waals surface area contributed by atoms with E-state index in [4.69, 9.17) is 16.6 Å². The van der Waals surface area contributed by atoms with Crippen molar-refractivity contribution in [1.29, 1.82) is 0 Å². The fraction of sp³-hybridized carbons (Fsp3) is 0.156. The number of aromatic amines is 1. The molecule has 1 fully saturated rings. The zero-order chi connectivity index (χ0) is 31.1. The third kappa shape index (κ3) is 5.08. The topological polar surface area (TPSA) is 133 Å². The molecule has 3 aromatic carbocycles. The van der Waals surface area contributed by atoms with E-state index < -0.39 is 23.4 Å². The maximum atomic E-state index is 15.5. The van der Waals surface area contributed by atoms with Crippen LogP contribution >= 0.6 is 11.6 Å². The van der Waals surface area contributed by atoms with Crippen LogP contribution in [0.3, 0.4) is 0 Å². The van der Waals surface area contributed by atoms with E-state index in [9.17, 15) is 10.0 Å². The molecule has 11 nitrogen and oxygen atoms in total. The Morgan fingerprint density at radius 3 is 2.67 bits per heavy atom. The third-order valence-electron chi connectivity index (χ3n) is 8.41. The molecule has 7 rings (SSSR count). The van der Waals surface area contributed by atoms with Gasteiger partial charge in [0.15, 0.2) is 5.82 Å². The van der Waals surface area contributed by atoms with Crippen LogP contribution in [0.25, 0.3) is 16.8 Å². The Balaban J connectivity index is 1.23. The number of methoxy groups -OCH3 is 1. The molecule has 228 valence electrons. The van der Waals surface area contributed by atoms with Crippen molar-refractivity contribution in [2.75, 3.05) is 17.4 Å². The normalized spacial score (nSPS) is 21.8. The van der Waals surface area contributed by atoms with Crippen LogP contribution in [0.4, 0.5) is 20.6 Å². The molecule has 0 saturated heterocycles. The molecule has 1 aromatic heterocycles. The number of hydrazine groups is 2. The summed E-state index contributed by atoms with van der Waals surface area (Å²) < 4.78 is 20.2. The number of aromatic nitrogens is 2. The molecule has 0 spiro atoms. The summed E-state index contributed by atoms with van der Waals surface area (Å²) in [5.41, 5.74) is 8.99. The number of hydroxylamine groups is 2. The van der Waals surface area contributed by atoms with Gasteiger partial charge in [-0.1, -0.05) is 66.2 Å². The highest BCUT2D eigenvalue weighted by molar-refractivity contribution is 6.31. The molecule has 2 aliphatic heterocycles. The second-order valence-corrected chi connectivity index (χ2v) is 11.3. The molecule has 1 aliphatic carbocycles. The lowest BCUT2D eigenvalue weighted by Gasteiger charge is -2.42. The van der Waals surface area contributed by atoms with Crippen molar-refractivity contribution in [2.24, 2.45) is 5.10 Å². The highest BCUT2D eigenvalue weighted by Crippen LogP contribution is 2.63. The zero-order valence-electron chi connectivity index (χ0n) is 23.9. The second kappa shape index (κ2) is 11.4. The largest absolute Gasteiger partial charge is 0.758 e. The number of hydrazone groups is 1. The first-order chi connectivity index (χ1) is 21.9. The molecule has 4 aromatic rings. The molecule has 3 aliphatic rings. The van der Waals surface area contributed by atoms with E-state index in [1.54, 1.807) is 30.5 Å². The second-order valence-electron chi connectivity index (χ2n) is 10.9. The van der Waals surface area contributed by atoms with Gasteiger partial charge in [-0.25, -0.2) is 24.7 Å². The van der Waals surface area contributed by atoms with Gasteiger partial charge in [0.2, 0.25) is 0 Å². The lowest BCUT2D eigenvalue weighted by atomic mass is 9.87. The van der Waals surface area contributed by atoms with Crippen LogP contribution in [0.2, 0.25) is 5.02 Å². The number of carbonyl (C=O) groups excluding carboxylic acids is 1. The van der Waals surface area contributed by atoms with Gasteiger partial charge in [-0.2, -0.15) is 5.10 Å². The SMILES string of the molecule is COC(=O)Nc1ccc(-c2cnc([C@@]3(C4C=CC(c5c(N6C=NNN6)ccc(Cl)c5F)=CN4[O-])C[C@H]3c3ccccc3)[nH]2)cc1. The summed E-state index contributed by atoms with van der Waals surface area (Å²) in [5, 5.41) is 22.8. The lowest BCUT2D eigenvalue weighted by molar-refractivity contribution is 0.187. The summed E-state index contributed by atoms with van der Waals surface area (Å²) in [4.78, 5) is 19.8. The van der Waals surface area contributed by atoms with Crippen LogP contribution in [0, 0.1) is 11.0 Å². The van der Waals surface area contributed by atoms with Gasteiger partial charge in [0.25, 0.3) is 0 Å². The predicted molar refractivity (Wildman–Crippen MR) is 170 cm³/mol. The Hall–Kier alpha value is -5.17. The molecule has 3 heterocycles. The number of hydrogen-bond acceptors (Lipinski definition) is 9. The average molecular weight is 626 g/mol. The summed E-state index contributed by atoms with van der Waals surface area (Å²) in [6, 6.07) is 19.8. The number of halogens is 2. The highest BCUT2D eigenvalue weighted by atomic mass is 35.5. The summed E-state index contributed by atoms with van der Waals surface area (Å²) in [7, 11) is 1.30. The van der Waals surface area contributed by atoms with E-state index in [0.29, 0.717) is 29.2 Å². The van der Waals surface area contributed by atoms with E-state index in [0.717, 1.165) is 21.9 Å². The number of imidazole rings is 1. The van der Waals surface area contributed by atoms with Crippen LogP contribution in [0.1, 0.15) is 29.3 Å². The lowest BCUT2D eigenvalue weighted by Crippen LogP contribution is -2.40. The number of carbonyl (C=O) groups is 1. The number of nitrogens with one attached hydrogen (secondary N) is 4. The number of hydrogen-bond donors (Lipinski definition) is 4. The number of allylic oxidation sites excluding steroid dienone is 2. The number of nitrogens with zero attached hydrogens (tertiary/aromatic N) is 4. The molecule has 3 atom stereocenters. The molecule has 13 heteroatoms. The molecule has 0 bridgehead atoms. The number of H-pyrrole nitrogens is 1. The molecule has 4 N–H and O–H groups in total. The smallest absolute Gasteiger partial charge is 0.411 e. The Bertz CT molecular complexity index is 1840. The van der Waals surface area contributed by atoms with E-state index in [1.165, 1.54) is 30.7 Å². The fourth-order valence-electron chi connectivity index (χ4n) is 6.14. The summed E-state index contributed by atoms with van der Waals surface area (Å²) >= 11 is 6.17. The van der Waals surface area contributed by atoms with Crippen LogP contribution < -0.4 is 21.4 Å². The molecule has 1 unspecified atom stereocenters. The van der Waals surface area contributed by atoms with Crippen molar-refractivity contribution in [3.63, 3.8) is 0 Å². The summed E-state index contributed by atoms with van der Waals surface area (Å²) in [6.45, 7) is 0. The van der Waals surface area contributed by atoms with E-state index in [-0.39, 0.29) is 16.5 Å². The minimum absolute atomic E-state index is 0.0138. The first kappa shape index (κ1) is 28.6. The van der Waals surface area contributed by atoms with Gasteiger partial charge in [-0.3, -0.25) is 5.32 Å². The minimum Gasteiger partial charge on any atom is -0.758 e. The van der Waals surface area contributed by atoms with E-state index in [2.05, 4.69) is 43.3 Å². The van der Waals surface area contributed by atoms with Gasteiger partial charge in [0, 0.05) is 22.9 Å². The first-order valence-electron chi connectivity index (χ1n) is 14.1. The zero-order valence-corrected chi connectivity index (χ0v) is 24.6. The maximum Gasteiger partial charge on any atom is 0.411 e. The van der Waals surface area contributed by atoms with Gasteiger partial charge in [-0.15, -0.1) is 5.53 Å². The first-order valence-corrected chi connectivity index (χ1v) is 14.5. The minimum atomic E-state index is -0.672. The molecule has 45 heavy (non-hydrogen) atoms. The Morgan fingerprint density at radius 2 is 1.96 bits per heavy atom. The van der Waals surface area contributed by atoms with Gasteiger partial charge in [0.05, 0.1) is 35.1 Å². The van der Waals surface area contributed by atoms with Gasteiger partial charge < -0.3 is 20.0 Å². The van der Waals surface area contributed by atoms with Crippen LogP contribution in [0.15, 0.2) is 96.4 Å².